The van der Waals surface area contributed by atoms with Crippen LogP contribution in [-0.2, 0) is 34.3 Å². The van der Waals surface area contributed by atoms with Crippen LogP contribution in [0.3, 0.4) is 0 Å². The molecule has 1 aromatic carbocycles. The number of hydrogen-bond donors (Lipinski definition) is 0. The van der Waals surface area contributed by atoms with Gasteiger partial charge < -0.3 is 13.8 Å². The van der Waals surface area contributed by atoms with Gasteiger partial charge in [-0.05, 0) is 31.9 Å². The maximum absolute atomic E-state index is 12.6. The molecule has 0 saturated heterocycles. The van der Waals surface area contributed by atoms with Crippen molar-refractivity contribution in [3.05, 3.63) is 23.8 Å². The third-order valence-corrected chi connectivity index (χ3v) is 6.24. The highest BCUT2D eigenvalue weighted by Gasteiger charge is 2.36. The van der Waals surface area contributed by atoms with E-state index in [0.29, 0.717) is 0 Å². The molecule has 12 heteroatoms. The molecule has 0 aliphatic heterocycles. The van der Waals surface area contributed by atoms with Crippen LogP contribution in [0.1, 0.15) is 26.3 Å². The van der Waals surface area contributed by atoms with E-state index >= 15 is 0 Å². The summed E-state index contributed by atoms with van der Waals surface area (Å²) in [6, 6.07) is 3.39. The summed E-state index contributed by atoms with van der Waals surface area (Å²) in [4.78, 5) is -0.785. The molecule has 1 atom stereocenters. The van der Waals surface area contributed by atoms with Crippen LogP contribution in [0.4, 0.5) is 13.2 Å². The van der Waals surface area contributed by atoms with Crippen LogP contribution >= 0.6 is 7.60 Å². The average molecular weight is 420 g/mol. The predicted octanol–water partition coefficient (Wildman–Crippen LogP) is 4.07. The lowest BCUT2D eigenvalue weighted by Gasteiger charge is -2.20. The van der Waals surface area contributed by atoms with Crippen LogP contribution in [0.25, 0.3) is 0 Å². The van der Waals surface area contributed by atoms with Gasteiger partial charge in [0.2, 0.25) is 0 Å². The van der Waals surface area contributed by atoms with Crippen LogP contribution in [-0.4, -0.2) is 34.3 Å². The quantitative estimate of drug-likeness (QED) is 0.439. The monoisotopic (exact) mass is 420 g/mol. The highest BCUT2D eigenvalue weighted by Crippen LogP contribution is 2.49. The SMILES string of the molecule is CCc1cccc(OC(F)(F)F)c1S(=O)(=O)OCP(=O)(OC)OC(C)C. The zero-order valence-corrected chi connectivity index (χ0v) is 16.3. The molecule has 0 bridgehead atoms. The van der Waals surface area contributed by atoms with Crippen LogP contribution < -0.4 is 4.74 Å². The summed E-state index contributed by atoms with van der Waals surface area (Å²) in [5, 5.41) is 0. The number of ether oxygens (including phenoxy) is 1. The molecule has 1 rings (SSSR count). The van der Waals surface area contributed by atoms with E-state index in [1.54, 1.807) is 20.8 Å². The second-order valence-electron chi connectivity index (χ2n) is 5.29. The van der Waals surface area contributed by atoms with E-state index in [4.69, 9.17) is 4.52 Å². The molecular weight excluding hydrogens is 400 g/mol. The zero-order valence-electron chi connectivity index (χ0n) is 14.6. The Morgan fingerprint density at radius 3 is 2.31 bits per heavy atom. The van der Waals surface area contributed by atoms with Gasteiger partial charge in [0.25, 0.3) is 0 Å². The molecule has 26 heavy (non-hydrogen) atoms. The molecule has 0 saturated carbocycles. The van der Waals surface area contributed by atoms with Crippen molar-refractivity contribution in [2.24, 2.45) is 0 Å². The van der Waals surface area contributed by atoms with Gasteiger partial charge in [-0.3, -0.25) is 8.75 Å². The Labute approximate surface area is 150 Å². The standard InChI is InChI=1S/C14H20F3O7PS/c1-5-11-7-6-8-12(23-14(15,16)17)13(11)26(19,20)22-9-25(18,21-4)24-10(2)3/h6-8,10H,5,9H2,1-4H3. The number of alkyl halides is 3. The summed E-state index contributed by atoms with van der Waals surface area (Å²) in [6.45, 7) is 4.64. The molecular formula is C14H20F3O7PS. The molecule has 0 amide bonds. The van der Waals surface area contributed by atoms with E-state index in [2.05, 4.69) is 13.4 Å². The second kappa shape index (κ2) is 8.71. The van der Waals surface area contributed by atoms with E-state index in [0.717, 1.165) is 13.2 Å². The Hall–Kier alpha value is -1.13. The molecule has 0 radical (unpaired) electrons. The van der Waals surface area contributed by atoms with Crippen molar-refractivity contribution in [3.63, 3.8) is 0 Å². The van der Waals surface area contributed by atoms with Crippen molar-refractivity contribution in [2.45, 2.75) is 44.6 Å². The maximum Gasteiger partial charge on any atom is 0.573 e. The first kappa shape index (κ1) is 22.9. The topological polar surface area (TPSA) is 88.1 Å². The highest BCUT2D eigenvalue weighted by molar-refractivity contribution is 7.87. The highest BCUT2D eigenvalue weighted by atomic mass is 32.2. The average Bonchev–Trinajstić information content (AvgIpc) is 2.50. The fourth-order valence-corrected chi connectivity index (χ4v) is 4.94. The zero-order chi connectivity index (χ0) is 20.2. The van der Waals surface area contributed by atoms with Gasteiger partial charge in [0, 0.05) is 7.11 Å². The Kier molecular flexibility index (Phi) is 7.67. The van der Waals surface area contributed by atoms with Gasteiger partial charge in [-0.2, -0.15) is 8.42 Å². The molecule has 0 N–H and O–H groups in total. The van der Waals surface area contributed by atoms with Gasteiger partial charge >= 0.3 is 24.1 Å². The van der Waals surface area contributed by atoms with E-state index in [1.807, 2.05) is 0 Å². The molecule has 1 unspecified atom stereocenters. The minimum Gasteiger partial charge on any atom is -0.404 e. The summed E-state index contributed by atoms with van der Waals surface area (Å²) in [6.07, 6.45) is -6.55. The van der Waals surface area contributed by atoms with Gasteiger partial charge in [0.05, 0.1) is 6.10 Å². The lowest BCUT2D eigenvalue weighted by Crippen LogP contribution is -2.20. The van der Waals surface area contributed by atoms with Crippen molar-refractivity contribution in [1.29, 1.82) is 0 Å². The Morgan fingerprint density at radius 1 is 1.23 bits per heavy atom. The fraction of sp³-hybridized carbons (Fsp3) is 0.571. The summed E-state index contributed by atoms with van der Waals surface area (Å²) in [7, 11) is -7.62. The van der Waals surface area contributed by atoms with Crippen LogP contribution in [0.2, 0.25) is 0 Å². The first-order chi connectivity index (χ1) is 11.8. The Balaban J connectivity index is 3.25. The van der Waals surface area contributed by atoms with Crippen LogP contribution in [0.15, 0.2) is 23.1 Å². The number of hydrogen-bond acceptors (Lipinski definition) is 7. The van der Waals surface area contributed by atoms with Gasteiger partial charge in [0.1, 0.15) is 4.90 Å². The Bertz CT molecular complexity index is 762. The van der Waals surface area contributed by atoms with Crippen LogP contribution in [0.5, 0.6) is 5.75 Å². The van der Waals surface area contributed by atoms with E-state index in [-0.39, 0.29) is 12.0 Å². The van der Waals surface area contributed by atoms with Crippen molar-refractivity contribution >= 4 is 17.7 Å². The predicted molar refractivity (Wildman–Crippen MR) is 86.5 cm³/mol. The van der Waals surface area contributed by atoms with Gasteiger partial charge in [-0.15, -0.1) is 13.2 Å². The van der Waals surface area contributed by atoms with E-state index in [9.17, 15) is 26.2 Å². The van der Waals surface area contributed by atoms with Gasteiger partial charge in [0.15, 0.2) is 12.1 Å². The van der Waals surface area contributed by atoms with Crippen molar-refractivity contribution < 1.29 is 44.1 Å². The Morgan fingerprint density at radius 2 is 1.85 bits per heavy atom. The fourth-order valence-electron chi connectivity index (χ4n) is 1.97. The first-order valence-corrected chi connectivity index (χ1v) is 10.6. The summed E-state index contributed by atoms with van der Waals surface area (Å²) < 4.78 is 93.1. The molecule has 0 heterocycles. The lowest BCUT2D eigenvalue weighted by atomic mass is 10.1. The molecule has 0 aliphatic rings. The lowest BCUT2D eigenvalue weighted by molar-refractivity contribution is -0.275. The molecule has 7 nitrogen and oxygen atoms in total. The van der Waals surface area contributed by atoms with Crippen LogP contribution in [0, 0.1) is 0 Å². The smallest absolute Gasteiger partial charge is 0.404 e. The van der Waals surface area contributed by atoms with Crippen molar-refractivity contribution in [3.8, 4) is 5.75 Å². The minimum atomic E-state index is -5.10. The second-order valence-corrected chi connectivity index (χ2v) is 8.90. The molecule has 150 valence electrons. The molecule has 0 fully saturated rings. The molecule has 0 spiro atoms. The third kappa shape index (κ3) is 6.55. The number of aryl methyl sites for hydroxylation is 1. The van der Waals surface area contributed by atoms with E-state index in [1.165, 1.54) is 12.1 Å². The summed E-state index contributed by atoms with van der Waals surface area (Å²) >= 11 is 0. The minimum absolute atomic E-state index is 0.0452. The summed E-state index contributed by atoms with van der Waals surface area (Å²) in [5.74, 6) is -0.936. The molecule has 1 aromatic rings. The summed E-state index contributed by atoms with van der Waals surface area (Å²) in [5.41, 5.74) is 0.0452. The number of halogens is 3. The normalized spacial score (nSPS) is 15.1. The van der Waals surface area contributed by atoms with Gasteiger partial charge in [-0.25, -0.2) is 0 Å². The largest absolute Gasteiger partial charge is 0.573 e. The van der Waals surface area contributed by atoms with Crippen molar-refractivity contribution in [1.82, 2.24) is 0 Å². The first-order valence-electron chi connectivity index (χ1n) is 7.44. The molecule has 0 aliphatic carbocycles. The van der Waals surface area contributed by atoms with Gasteiger partial charge in [-0.1, -0.05) is 19.1 Å². The third-order valence-electron chi connectivity index (χ3n) is 2.93. The number of rotatable bonds is 9. The maximum atomic E-state index is 12.6. The number of benzene rings is 1. The van der Waals surface area contributed by atoms with Crippen molar-refractivity contribution in [2.75, 3.05) is 13.5 Å². The molecule has 0 aromatic heterocycles. The van der Waals surface area contributed by atoms with E-state index < -0.39 is 47.2 Å².